The second-order valence-electron chi connectivity index (χ2n) is 5.79. The van der Waals surface area contributed by atoms with E-state index < -0.39 is 33.4 Å². The maximum Gasteiger partial charge on any atom is 0.266 e. The molecule has 7 nitrogen and oxygen atoms in total. The molecule has 0 spiro atoms. The predicted molar refractivity (Wildman–Crippen MR) is 99.8 cm³/mol. The lowest BCUT2D eigenvalue weighted by Crippen LogP contribution is -2.49. The molecule has 0 aliphatic carbocycles. The minimum atomic E-state index is -3.55. The van der Waals surface area contributed by atoms with E-state index in [0.29, 0.717) is 5.56 Å². The van der Waals surface area contributed by atoms with Crippen molar-refractivity contribution in [3.8, 4) is 11.8 Å². The fraction of sp³-hybridized carbons (Fsp3) is 0.158. The molecule has 2 amide bonds. The number of nitrogens with one attached hydrogen (secondary N) is 2. The highest BCUT2D eigenvalue weighted by molar-refractivity contribution is 7.90. The van der Waals surface area contributed by atoms with E-state index in [2.05, 4.69) is 17.2 Å². The van der Waals surface area contributed by atoms with Crippen molar-refractivity contribution < 1.29 is 23.2 Å². The summed E-state index contributed by atoms with van der Waals surface area (Å²) >= 11 is 0. The van der Waals surface area contributed by atoms with Crippen LogP contribution in [0.15, 0.2) is 54.6 Å². The quantitative estimate of drug-likeness (QED) is 0.398. The van der Waals surface area contributed by atoms with Gasteiger partial charge in [-0.15, -0.1) is 0 Å². The van der Waals surface area contributed by atoms with Gasteiger partial charge in [0.05, 0.1) is 5.75 Å². The summed E-state index contributed by atoms with van der Waals surface area (Å²) in [5.74, 6) is 3.67. The molecule has 0 aliphatic heterocycles. The topological polar surface area (TPSA) is 113 Å². The minimum Gasteiger partial charge on any atom is -0.339 e. The molecule has 0 saturated heterocycles. The van der Waals surface area contributed by atoms with Gasteiger partial charge >= 0.3 is 0 Å². The van der Waals surface area contributed by atoms with Crippen molar-refractivity contribution in [2.45, 2.75) is 6.04 Å². The lowest BCUT2D eigenvalue weighted by molar-refractivity contribution is -0.130. The largest absolute Gasteiger partial charge is 0.339 e. The normalized spacial score (nSPS) is 11.6. The number of carbonyl (C=O) groups excluding carboxylic acids is 2. The van der Waals surface area contributed by atoms with Gasteiger partial charge in [-0.3, -0.25) is 14.8 Å². The number of benzene rings is 2. The Bertz CT molecular complexity index is 974. The number of amides is 2. The summed E-state index contributed by atoms with van der Waals surface area (Å²) in [4.78, 5) is 23.8. The SMILES string of the molecule is CS(=O)(=O)C[C@H](NC(=O)c1ccc(C#Cc2ccccc2)cc1)C(=O)NO. The van der Waals surface area contributed by atoms with Gasteiger partial charge < -0.3 is 5.32 Å². The van der Waals surface area contributed by atoms with Gasteiger partial charge in [-0.05, 0) is 36.4 Å². The number of hydrogen-bond donors (Lipinski definition) is 3. The van der Waals surface area contributed by atoms with E-state index in [1.54, 1.807) is 12.1 Å². The molecule has 3 N–H and O–H groups in total. The Morgan fingerprint density at radius 1 is 1.00 bits per heavy atom. The smallest absolute Gasteiger partial charge is 0.266 e. The van der Waals surface area contributed by atoms with Crippen LogP contribution in [-0.2, 0) is 14.6 Å². The van der Waals surface area contributed by atoms with Crippen molar-refractivity contribution in [3.05, 3.63) is 71.3 Å². The second-order valence-corrected chi connectivity index (χ2v) is 7.97. The molecule has 0 heterocycles. The van der Waals surface area contributed by atoms with Crippen LogP contribution in [0, 0.1) is 11.8 Å². The van der Waals surface area contributed by atoms with Gasteiger partial charge in [0.1, 0.15) is 15.9 Å². The fourth-order valence-electron chi connectivity index (χ4n) is 2.18. The predicted octanol–water partition coefficient (Wildman–Crippen LogP) is 0.735. The first-order chi connectivity index (χ1) is 12.8. The Morgan fingerprint density at radius 2 is 1.56 bits per heavy atom. The van der Waals surface area contributed by atoms with Gasteiger partial charge in [-0.2, -0.15) is 0 Å². The number of rotatable bonds is 5. The summed E-state index contributed by atoms with van der Waals surface area (Å²) in [6.07, 6.45) is 0.928. The fourth-order valence-corrected chi connectivity index (χ4v) is 3.02. The van der Waals surface area contributed by atoms with E-state index >= 15 is 0 Å². The van der Waals surface area contributed by atoms with Gasteiger partial charge in [0.25, 0.3) is 11.8 Å². The molecule has 27 heavy (non-hydrogen) atoms. The van der Waals surface area contributed by atoms with Crippen LogP contribution in [0.4, 0.5) is 0 Å². The minimum absolute atomic E-state index is 0.226. The molecule has 0 bridgehead atoms. The van der Waals surface area contributed by atoms with E-state index in [1.165, 1.54) is 17.6 Å². The summed E-state index contributed by atoms with van der Waals surface area (Å²) in [6.45, 7) is 0. The van der Waals surface area contributed by atoms with Gasteiger partial charge in [-0.1, -0.05) is 30.0 Å². The molecule has 0 unspecified atom stereocenters. The summed E-state index contributed by atoms with van der Waals surface area (Å²) in [5.41, 5.74) is 3.13. The molecule has 0 fully saturated rings. The number of carbonyl (C=O) groups is 2. The average molecular weight is 386 g/mol. The van der Waals surface area contributed by atoms with Crippen LogP contribution in [0.2, 0.25) is 0 Å². The zero-order valence-corrected chi connectivity index (χ0v) is 15.3. The number of sulfone groups is 1. The Balaban J connectivity index is 2.10. The van der Waals surface area contributed by atoms with Crippen LogP contribution in [0.25, 0.3) is 0 Å². The van der Waals surface area contributed by atoms with Crippen LogP contribution in [0.1, 0.15) is 21.5 Å². The highest BCUT2D eigenvalue weighted by atomic mass is 32.2. The van der Waals surface area contributed by atoms with Gasteiger partial charge in [0.15, 0.2) is 0 Å². The standard InChI is InChI=1S/C19H18N2O5S/c1-27(25,26)13-17(19(23)21-24)20-18(22)16-11-9-15(10-12-16)8-7-14-5-3-2-4-6-14/h2-6,9-12,17,24H,13H2,1H3,(H,20,22)(H,21,23)/t17-/m0/s1. The molecule has 140 valence electrons. The van der Waals surface area contributed by atoms with Crippen molar-refractivity contribution in [3.63, 3.8) is 0 Å². The molecule has 2 rings (SSSR count). The van der Waals surface area contributed by atoms with Crippen LogP contribution in [0.3, 0.4) is 0 Å². The average Bonchev–Trinajstić information content (AvgIpc) is 2.65. The second kappa shape index (κ2) is 8.98. The summed E-state index contributed by atoms with van der Waals surface area (Å²) in [5, 5.41) is 11.0. The molecule has 0 aromatic heterocycles. The zero-order chi connectivity index (χ0) is 19.9. The summed E-state index contributed by atoms with van der Waals surface area (Å²) in [6, 6.07) is 14.3. The van der Waals surface area contributed by atoms with Crippen molar-refractivity contribution in [1.29, 1.82) is 0 Å². The molecular formula is C19H18N2O5S. The lowest BCUT2D eigenvalue weighted by Gasteiger charge is -2.15. The van der Waals surface area contributed by atoms with Crippen LogP contribution in [-0.4, -0.2) is 43.5 Å². The Morgan fingerprint density at radius 3 is 2.07 bits per heavy atom. The van der Waals surface area contributed by atoms with Crippen molar-refractivity contribution in [2.75, 3.05) is 12.0 Å². The third-order valence-corrected chi connectivity index (χ3v) is 4.41. The van der Waals surface area contributed by atoms with E-state index in [1.807, 2.05) is 30.3 Å². The monoisotopic (exact) mass is 386 g/mol. The first kappa shape index (κ1) is 20.2. The van der Waals surface area contributed by atoms with E-state index in [4.69, 9.17) is 5.21 Å². The Labute approximate surface area is 157 Å². The molecule has 0 saturated carbocycles. The first-order valence-electron chi connectivity index (χ1n) is 7.88. The van der Waals surface area contributed by atoms with Crippen LogP contribution >= 0.6 is 0 Å². The van der Waals surface area contributed by atoms with Crippen molar-refractivity contribution in [2.24, 2.45) is 0 Å². The maximum absolute atomic E-state index is 12.2. The Kier molecular flexibility index (Phi) is 6.71. The van der Waals surface area contributed by atoms with E-state index in [0.717, 1.165) is 11.8 Å². The Hall–Kier alpha value is -3.15. The molecule has 0 aliphatic rings. The van der Waals surface area contributed by atoms with Gasteiger partial charge in [0, 0.05) is 22.9 Å². The molecule has 2 aromatic rings. The molecule has 0 radical (unpaired) electrons. The molecule has 2 aromatic carbocycles. The highest BCUT2D eigenvalue weighted by Crippen LogP contribution is 2.05. The number of hydroxylamine groups is 1. The summed E-state index contributed by atoms with van der Waals surface area (Å²) < 4.78 is 22.8. The lowest BCUT2D eigenvalue weighted by atomic mass is 10.1. The third kappa shape index (κ3) is 6.58. The number of hydrogen-bond acceptors (Lipinski definition) is 5. The summed E-state index contributed by atoms with van der Waals surface area (Å²) in [7, 11) is -3.55. The zero-order valence-electron chi connectivity index (χ0n) is 14.5. The first-order valence-corrected chi connectivity index (χ1v) is 9.94. The third-order valence-electron chi connectivity index (χ3n) is 3.47. The van der Waals surface area contributed by atoms with Crippen LogP contribution in [0.5, 0.6) is 0 Å². The molecule has 1 atom stereocenters. The van der Waals surface area contributed by atoms with Crippen molar-refractivity contribution >= 4 is 21.7 Å². The van der Waals surface area contributed by atoms with Gasteiger partial charge in [0.2, 0.25) is 0 Å². The van der Waals surface area contributed by atoms with E-state index in [9.17, 15) is 18.0 Å². The van der Waals surface area contributed by atoms with Gasteiger partial charge in [-0.25, -0.2) is 13.9 Å². The molecular weight excluding hydrogens is 368 g/mol. The van der Waals surface area contributed by atoms with Crippen LogP contribution < -0.4 is 10.8 Å². The highest BCUT2D eigenvalue weighted by Gasteiger charge is 2.25. The maximum atomic E-state index is 12.2. The molecule has 8 heteroatoms. The van der Waals surface area contributed by atoms with E-state index in [-0.39, 0.29) is 5.56 Å². The van der Waals surface area contributed by atoms with Crippen molar-refractivity contribution in [1.82, 2.24) is 10.8 Å².